The number of ether oxygens (including phenoxy) is 1. The summed E-state index contributed by atoms with van der Waals surface area (Å²) in [5.74, 6) is 0.533. The van der Waals surface area contributed by atoms with Crippen LogP contribution >= 0.6 is 0 Å². The number of aromatic amines is 1. The van der Waals surface area contributed by atoms with Gasteiger partial charge in [0.25, 0.3) is 0 Å². The minimum atomic E-state index is -1.29. The Morgan fingerprint density at radius 1 is 0.676 bits per heavy atom. The van der Waals surface area contributed by atoms with E-state index < -0.39 is 17.2 Å². The van der Waals surface area contributed by atoms with Crippen molar-refractivity contribution >= 4 is 5.90 Å². The molecule has 0 spiro atoms. The number of hydrogen-bond acceptors (Lipinski definition) is 3. The molecule has 4 heteroatoms. The molecule has 1 aliphatic rings. The first kappa shape index (κ1) is 23.0. The van der Waals surface area contributed by atoms with Crippen LogP contribution < -0.4 is 0 Å². The molecule has 0 amide bonds. The van der Waals surface area contributed by atoms with E-state index >= 15 is 0 Å². The molecule has 0 bridgehead atoms. The average Bonchev–Trinajstić information content (AvgIpc) is 3.64. The summed E-state index contributed by atoms with van der Waals surface area (Å²) in [4.78, 5) is 8.42. The van der Waals surface area contributed by atoms with Gasteiger partial charge in [-0.3, -0.25) is 0 Å². The van der Waals surface area contributed by atoms with Gasteiger partial charge in [0.05, 0.1) is 0 Å². The van der Waals surface area contributed by atoms with E-state index in [4.69, 9.17) is 9.73 Å². The summed E-state index contributed by atoms with van der Waals surface area (Å²) in [6.07, 6.45) is 2.18. The fourth-order valence-corrected chi connectivity index (χ4v) is 5.41. The molecule has 0 unspecified atom stereocenters. The molecule has 0 saturated carbocycles. The lowest BCUT2D eigenvalue weighted by atomic mass is 9.73. The molecule has 37 heavy (non-hydrogen) atoms. The Morgan fingerprint density at radius 2 is 1.16 bits per heavy atom. The van der Waals surface area contributed by atoms with Gasteiger partial charge in [-0.1, -0.05) is 121 Å². The van der Waals surface area contributed by atoms with Gasteiger partial charge in [-0.25, -0.2) is 4.99 Å². The molecule has 2 N–H and O–H groups in total. The second-order valence-corrected chi connectivity index (χ2v) is 9.40. The predicted molar refractivity (Wildman–Crippen MR) is 146 cm³/mol. The molecule has 182 valence electrons. The monoisotopic (exact) mass is 484 g/mol. The third-order valence-electron chi connectivity index (χ3n) is 7.23. The Morgan fingerprint density at radius 3 is 1.62 bits per heavy atom. The molecule has 4 nitrogen and oxygen atoms in total. The highest BCUT2D eigenvalue weighted by atomic mass is 16.5. The Hall–Kier alpha value is -4.41. The zero-order valence-electron chi connectivity index (χ0n) is 20.4. The molecule has 0 saturated heterocycles. The quantitative estimate of drug-likeness (QED) is 0.280. The number of hydrogen-bond donors (Lipinski definition) is 2. The van der Waals surface area contributed by atoms with Crippen LogP contribution in [-0.2, 0) is 15.9 Å². The molecule has 1 aromatic heterocycles. The molecule has 0 aliphatic carbocycles. The predicted octanol–water partition coefficient (Wildman–Crippen LogP) is 6.43. The van der Waals surface area contributed by atoms with Crippen molar-refractivity contribution in [1.29, 1.82) is 0 Å². The van der Waals surface area contributed by atoms with Crippen molar-refractivity contribution in [2.75, 3.05) is 0 Å². The molecule has 0 fully saturated rings. The summed E-state index contributed by atoms with van der Waals surface area (Å²) in [5.41, 5.74) is 2.20. The van der Waals surface area contributed by atoms with Gasteiger partial charge in [-0.05, 0) is 23.3 Å². The van der Waals surface area contributed by atoms with E-state index in [1.165, 1.54) is 0 Å². The zero-order valence-corrected chi connectivity index (χ0v) is 20.4. The highest BCUT2D eigenvalue weighted by Crippen LogP contribution is 2.48. The molecular formula is C33H28N2O2. The van der Waals surface area contributed by atoms with Gasteiger partial charge in [0.15, 0.2) is 5.60 Å². The first-order valence-electron chi connectivity index (χ1n) is 12.6. The van der Waals surface area contributed by atoms with Crippen LogP contribution in [0.25, 0.3) is 0 Å². The van der Waals surface area contributed by atoms with Crippen molar-refractivity contribution in [3.63, 3.8) is 0 Å². The maximum Gasteiger partial charge on any atom is 0.234 e. The normalized spacial score (nSPS) is 16.7. The highest BCUT2D eigenvalue weighted by molar-refractivity contribution is 5.94. The summed E-state index contributed by atoms with van der Waals surface area (Å²) < 4.78 is 6.90. The van der Waals surface area contributed by atoms with Crippen LogP contribution in [-0.4, -0.2) is 22.0 Å². The highest BCUT2D eigenvalue weighted by Gasteiger charge is 2.53. The smallest absolute Gasteiger partial charge is 0.234 e. The second-order valence-electron chi connectivity index (χ2n) is 9.40. The van der Waals surface area contributed by atoms with Crippen LogP contribution in [0.3, 0.4) is 0 Å². The van der Waals surface area contributed by atoms with E-state index in [2.05, 4.69) is 29.2 Å². The third-order valence-corrected chi connectivity index (χ3v) is 7.23. The van der Waals surface area contributed by atoms with Crippen LogP contribution in [0.5, 0.6) is 0 Å². The fraction of sp³-hybridized carbons (Fsp3) is 0.121. The van der Waals surface area contributed by atoms with Crippen molar-refractivity contribution in [2.45, 2.75) is 23.7 Å². The number of aliphatic imine (C=N–C) groups is 1. The van der Waals surface area contributed by atoms with E-state index in [1.807, 2.05) is 115 Å². The van der Waals surface area contributed by atoms with Crippen LogP contribution in [0.1, 0.15) is 34.4 Å². The van der Waals surface area contributed by atoms with E-state index in [0.717, 1.165) is 27.9 Å². The minimum Gasteiger partial charge on any atom is -0.458 e. The molecular weight excluding hydrogens is 456 g/mol. The lowest BCUT2D eigenvalue weighted by Crippen LogP contribution is -2.43. The van der Waals surface area contributed by atoms with E-state index in [1.54, 1.807) is 0 Å². The SMILES string of the molecule is OC(C[C@@H]1N=C(c2ccc[nH]2)OC1(c1ccccc1)c1ccccc1)(c1ccccc1)c1ccccc1. The molecule has 0 radical (unpaired) electrons. The van der Waals surface area contributed by atoms with E-state index in [0.29, 0.717) is 12.3 Å². The van der Waals surface area contributed by atoms with Gasteiger partial charge in [0, 0.05) is 23.7 Å². The summed E-state index contributed by atoms with van der Waals surface area (Å²) in [5, 5.41) is 12.5. The summed E-state index contributed by atoms with van der Waals surface area (Å²) in [6, 6.07) is 43.6. The minimum absolute atomic E-state index is 0.315. The van der Waals surface area contributed by atoms with Gasteiger partial charge < -0.3 is 14.8 Å². The van der Waals surface area contributed by atoms with Crippen LogP contribution in [0, 0.1) is 0 Å². The molecule has 4 aromatic carbocycles. The zero-order chi connectivity index (χ0) is 25.1. The number of aliphatic hydroxyl groups is 1. The van der Waals surface area contributed by atoms with Crippen molar-refractivity contribution < 1.29 is 9.84 Å². The number of nitrogens with one attached hydrogen (secondary N) is 1. The lowest BCUT2D eigenvalue weighted by molar-refractivity contribution is 0.0239. The molecule has 1 atom stereocenters. The van der Waals surface area contributed by atoms with Gasteiger partial charge in [0.1, 0.15) is 17.3 Å². The second kappa shape index (κ2) is 9.57. The Bertz CT molecular complexity index is 1390. The number of aromatic nitrogens is 1. The molecule has 6 rings (SSSR count). The Labute approximate surface area is 216 Å². The van der Waals surface area contributed by atoms with Gasteiger partial charge in [0.2, 0.25) is 5.90 Å². The fourth-order valence-electron chi connectivity index (χ4n) is 5.41. The van der Waals surface area contributed by atoms with Gasteiger partial charge in [-0.15, -0.1) is 0 Å². The molecule has 1 aliphatic heterocycles. The molecule has 2 heterocycles. The first-order chi connectivity index (χ1) is 18.2. The van der Waals surface area contributed by atoms with Gasteiger partial charge >= 0.3 is 0 Å². The number of rotatable bonds is 7. The number of benzene rings is 4. The van der Waals surface area contributed by atoms with Crippen molar-refractivity contribution in [1.82, 2.24) is 4.98 Å². The Kier molecular flexibility index (Phi) is 5.95. The summed E-state index contributed by atoms with van der Waals surface area (Å²) >= 11 is 0. The standard InChI is InChI=1S/C33H28N2O2/c36-32(25-14-5-1-6-15-25,26-16-7-2-8-17-26)24-30-33(27-18-9-3-10-19-27,28-20-11-4-12-21-28)37-31(35-30)29-22-13-23-34-29/h1-23,30,34,36H,24H2/t30-/m0/s1. The van der Waals surface area contributed by atoms with E-state index in [9.17, 15) is 5.11 Å². The Balaban J connectivity index is 1.57. The third kappa shape index (κ3) is 4.05. The van der Waals surface area contributed by atoms with Crippen LogP contribution in [0.2, 0.25) is 0 Å². The van der Waals surface area contributed by atoms with Crippen LogP contribution in [0.4, 0.5) is 0 Å². The summed E-state index contributed by atoms with van der Waals surface area (Å²) in [7, 11) is 0. The maximum atomic E-state index is 12.5. The average molecular weight is 485 g/mol. The van der Waals surface area contributed by atoms with Crippen molar-refractivity contribution in [3.8, 4) is 0 Å². The molecule has 5 aromatic rings. The van der Waals surface area contributed by atoms with Gasteiger partial charge in [-0.2, -0.15) is 0 Å². The first-order valence-corrected chi connectivity index (χ1v) is 12.6. The number of H-pyrrole nitrogens is 1. The largest absolute Gasteiger partial charge is 0.458 e. The van der Waals surface area contributed by atoms with Crippen molar-refractivity contribution in [2.24, 2.45) is 4.99 Å². The maximum absolute atomic E-state index is 12.5. The van der Waals surface area contributed by atoms with Crippen LogP contribution in [0.15, 0.2) is 145 Å². The van der Waals surface area contributed by atoms with Crippen molar-refractivity contribution in [3.05, 3.63) is 168 Å². The lowest BCUT2D eigenvalue weighted by Gasteiger charge is -2.39. The number of nitrogens with zero attached hydrogens (tertiary/aromatic N) is 1. The summed E-state index contributed by atoms with van der Waals surface area (Å²) in [6.45, 7) is 0. The van der Waals surface area contributed by atoms with E-state index in [-0.39, 0.29) is 0 Å². The topological polar surface area (TPSA) is 57.6 Å².